The Morgan fingerprint density at radius 3 is 2.67 bits per heavy atom. The maximum Gasteiger partial charge on any atom is 0.324 e. The van der Waals surface area contributed by atoms with Crippen molar-refractivity contribution in [3.8, 4) is 0 Å². The number of nitrogens with zero attached hydrogens (tertiary/aromatic N) is 2. The van der Waals surface area contributed by atoms with Crippen molar-refractivity contribution in [1.29, 1.82) is 0 Å². The molecule has 0 aliphatic heterocycles. The summed E-state index contributed by atoms with van der Waals surface area (Å²) in [5.41, 5.74) is 5.17. The van der Waals surface area contributed by atoms with Gasteiger partial charge < -0.3 is 11.1 Å². The fraction of sp³-hybridized carbons (Fsp3) is 0.556. The molecule has 0 saturated heterocycles. The number of halogens is 4. The van der Waals surface area contributed by atoms with Crippen LogP contribution in [-0.2, 0) is 6.54 Å². The van der Waals surface area contributed by atoms with Gasteiger partial charge in [0, 0.05) is 12.7 Å². The minimum atomic E-state index is -4.28. The molecule has 1 aromatic heterocycles. The van der Waals surface area contributed by atoms with Crippen LogP contribution in [0.2, 0.25) is 0 Å². The van der Waals surface area contributed by atoms with Crippen LogP contribution in [0.3, 0.4) is 0 Å². The second-order valence-electron chi connectivity index (χ2n) is 3.53. The summed E-state index contributed by atoms with van der Waals surface area (Å²) in [6, 6.07) is 0. The van der Waals surface area contributed by atoms with Crippen LogP contribution in [0.25, 0.3) is 0 Å². The average molecular weight is 268 g/mol. The smallest absolute Gasteiger partial charge is 0.324 e. The fourth-order valence-electron chi connectivity index (χ4n) is 1.13. The number of amides is 1. The number of aromatic nitrogens is 2. The number of carbonyl (C=O) groups excluding carboxylic acids is 1. The van der Waals surface area contributed by atoms with E-state index in [-0.39, 0.29) is 11.4 Å². The third-order valence-corrected chi connectivity index (χ3v) is 2.13. The highest BCUT2D eigenvalue weighted by Crippen LogP contribution is 2.21. The Morgan fingerprint density at radius 1 is 1.61 bits per heavy atom. The van der Waals surface area contributed by atoms with Crippen molar-refractivity contribution in [3.63, 3.8) is 0 Å². The summed E-state index contributed by atoms with van der Waals surface area (Å²) >= 11 is 0. The zero-order chi connectivity index (χ0) is 13.9. The molecule has 0 spiro atoms. The van der Waals surface area contributed by atoms with Gasteiger partial charge in [0.1, 0.15) is 0 Å². The normalized spacial score (nSPS) is 11.9. The molecular formula is C9H12F4N4O. The van der Waals surface area contributed by atoms with Crippen LogP contribution in [0.15, 0.2) is 6.20 Å². The Balaban J connectivity index is 2.68. The van der Waals surface area contributed by atoms with Crippen molar-refractivity contribution in [2.24, 2.45) is 0 Å². The molecule has 0 unspecified atom stereocenters. The van der Waals surface area contributed by atoms with Gasteiger partial charge >= 0.3 is 12.3 Å². The molecule has 9 heteroatoms. The van der Waals surface area contributed by atoms with Gasteiger partial charge in [-0.15, -0.1) is 0 Å². The Bertz CT molecular complexity index is 432. The SMILES string of the molecule is CCn1cc(N)c(C(=O)NCC(F)(F)C(F)F)n1. The topological polar surface area (TPSA) is 72.9 Å². The molecule has 5 nitrogen and oxygen atoms in total. The number of aryl methyl sites for hydroxylation is 1. The second kappa shape index (κ2) is 5.23. The van der Waals surface area contributed by atoms with Gasteiger partial charge in [0.2, 0.25) is 0 Å². The van der Waals surface area contributed by atoms with Gasteiger partial charge in [-0.2, -0.15) is 13.9 Å². The zero-order valence-electron chi connectivity index (χ0n) is 9.46. The lowest BCUT2D eigenvalue weighted by atomic mass is 10.3. The lowest BCUT2D eigenvalue weighted by Crippen LogP contribution is -2.41. The predicted octanol–water partition coefficient (Wildman–Crippen LogP) is 1.12. The van der Waals surface area contributed by atoms with Crippen LogP contribution in [0, 0.1) is 0 Å². The summed E-state index contributed by atoms with van der Waals surface area (Å²) < 4.78 is 50.2. The molecule has 0 atom stereocenters. The first-order chi connectivity index (χ1) is 8.27. The molecule has 0 aliphatic rings. The van der Waals surface area contributed by atoms with Crippen molar-refractivity contribution in [3.05, 3.63) is 11.9 Å². The van der Waals surface area contributed by atoms with Gasteiger partial charge in [0.15, 0.2) is 5.69 Å². The maximum atomic E-state index is 12.6. The van der Waals surface area contributed by atoms with E-state index in [1.165, 1.54) is 10.9 Å². The van der Waals surface area contributed by atoms with E-state index < -0.39 is 24.8 Å². The second-order valence-corrected chi connectivity index (χ2v) is 3.53. The van der Waals surface area contributed by atoms with E-state index in [2.05, 4.69) is 5.10 Å². The summed E-state index contributed by atoms with van der Waals surface area (Å²) in [7, 11) is 0. The highest BCUT2D eigenvalue weighted by Gasteiger charge is 2.41. The number of hydrogen-bond donors (Lipinski definition) is 2. The van der Waals surface area contributed by atoms with E-state index in [0.717, 1.165) is 0 Å². The van der Waals surface area contributed by atoms with E-state index in [4.69, 9.17) is 5.73 Å². The molecule has 0 fully saturated rings. The molecule has 0 radical (unpaired) electrons. The Kier molecular flexibility index (Phi) is 4.15. The Labute approximate surface area is 99.9 Å². The first-order valence-corrected chi connectivity index (χ1v) is 5.05. The summed E-state index contributed by atoms with van der Waals surface area (Å²) in [4.78, 5) is 11.4. The van der Waals surface area contributed by atoms with Crippen LogP contribution in [-0.4, -0.2) is 34.6 Å². The number of alkyl halides is 4. The summed E-state index contributed by atoms with van der Waals surface area (Å²) in [6.07, 6.45) is -2.50. The van der Waals surface area contributed by atoms with Crippen molar-refractivity contribution >= 4 is 11.6 Å². The number of nitrogens with one attached hydrogen (secondary N) is 1. The number of carbonyl (C=O) groups is 1. The van der Waals surface area contributed by atoms with Crippen molar-refractivity contribution < 1.29 is 22.4 Å². The van der Waals surface area contributed by atoms with Crippen molar-refractivity contribution in [1.82, 2.24) is 15.1 Å². The van der Waals surface area contributed by atoms with Crippen molar-refractivity contribution in [2.75, 3.05) is 12.3 Å². The van der Waals surface area contributed by atoms with Gasteiger partial charge in [-0.05, 0) is 6.92 Å². The third kappa shape index (κ3) is 3.11. The van der Waals surface area contributed by atoms with Gasteiger partial charge in [0.25, 0.3) is 5.91 Å². The molecule has 1 heterocycles. The lowest BCUT2D eigenvalue weighted by Gasteiger charge is -2.15. The van der Waals surface area contributed by atoms with E-state index in [0.29, 0.717) is 6.54 Å². The van der Waals surface area contributed by atoms with Gasteiger partial charge in [-0.3, -0.25) is 9.48 Å². The van der Waals surface area contributed by atoms with E-state index >= 15 is 0 Å². The number of anilines is 1. The summed E-state index contributed by atoms with van der Waals surface area (Å²) in [6.45, 7) is 0.700. The van der Waals surface area contributed by atoms with E-state index in [1.807, 2.05) is 0 Å². The van der Waals surface area contributed by atoms with Crippen LogP contribution in [0.5, 0.6) is 0 Å². The standard InChI is InChI=1S/C9H12F4N4O/c1-2-17-3-5(14)6(16-17)7(18)15-4-9(12,13)8(10)11/h3,8H,2,4,14H2,1H3,(H,15,18). The molecule has 1 rings (SSSR count). The summed E-state index contributed by atoms with van der Waals surface area (Å²) in [5.74, 6) is -5.29. The highest BCUT2D eigenvalue weighted by molar-refractivity contribution is 5.97. The Morgan fingerprint density at radius 2 is 2.22 bits per heavy atom. The molecule has 1 amide bonds. The van der Waals surface area contributed by atoms with Crippen molar-refractivity contribution in [2.45, 2.75) is 25.8 Å². The fourth-order valence-corrected chi connectivity index (χ4v) is 1.13. The monoisotopic (exact) mass is 268 g/mol. The van der Waals surface area contributed by atoms with Gasteiger partial charge in [-0.25, -0.2) is 8.78 Å². The highest BCUT2D eigenvalue weighted by atomic mass is 19.3. The molecule has 18 heavy (non-hydrogen) atoms. The van der Waals surface area contributed by atoms with Crippen LogP contribution in [0.4, 0.5) is 23.2 Å². The molecule has 102 valence electrons. The first-order valence-electron chi connectivity index (χ1n) is 5.05. The molecule has 0 aliphatic carbocycles. The van der Waals surface area contributed by atoms with Crippen LogP contribution < -0.4 is 11.1 Å². The first kappa shape index (κ1) is 14.3. The largest absolute Gasteiger partial charge is 0.396 e. The average Bonchev–Trinajstić information content (AvgIpc) is 2.67. The molecule has 0 aromatic carbocycles. The zero-order valence-corrected chi connectivity index (χ0v) is 9.46. The number of nitrogen functional groups attached to an aromatic ring is 1. The molecule has 1 aromatic rings. The maximum absolute atomic E-state index is 12.6. The van der Waals surface area contributed by atoms with Gasteiger partial charge in [0.05, 0.1) is 12.2 Å². The Hall–Kier alpha value is -1.80. The molecular weight excluding hydrogens is 256 g/mol. The number of rotatable bonds is 5. The minimum absolute atomic E-state index is 0.00490. The van der Waals surface area contributed by atoms with Crippen LogP contribution in [0.1, 0.15) is 17.4 Å². The predicted molar refractivity (Wildman–Crippen MR) is 55.6 cm³/mol. The summed E-state index contributed by atoms with van der Waals surface area (Å²) in [5, 5.41) is 5.39. The van der Waals surface area contributed by atoms with Gasteiger partial charge in [-0.1, -0.05) is 0 Å². The van der Waals surface area contributed by atoms with Crippen LogP contribution >= 0.6 is 0 Å². The quantitative estimate of drug-likeness (QED) is 0.786. The number of nitrogens with two attached hydrogens (primary N) is 1. The minimum Gasteiger partial charge on any atom is -0.396 e. The van der Waals surface area contributed by atoms with E-state index in [9.17, 15) is 22.4 Å². The number of hydrogen-bond acceptors (Lipinski definition) is 3. The van der Waals surface area contributed by atoms with E-state index in [1.54, 1.807) is 12.2 Å². The molecule has 0 bridgehead atoms. The third-order valence-electron chi connectivity index (χ3n) is 2.13. The lowest BCUT2D eigenvalue weighted by molar-refractivity contribution is -0.123. The molecule has 3 N–H and O–H groups in total. The molecule has 0 saturated carbocycles.